The number of hydrogen-bond acceptors (Lipinski definition) is 7. The smallest absolute Gasteiger partial charge is 0.406 e. The molecule has 13 heteroatoms. The number of amidine groups is 2. The van der Waals surface area contributed by atoms with Gasteiger partial charge in [0.05, 0.1) is 24.2 Å². The number of carbonyl (C=O) groups excluding carboxylic acids is 1. The Morgan fingerprint density at radius 3 is 2.31 bits per heavy atom. The van der Waals surface area contributed by atoms with E-state index in [1.807, 2.05) is 32.0 Å². The number of para-hydroxylation sites is 1. The van der Waals surface area contributed by atoms with E-state index in [0.717, 1.165) is 46.3 Å². The number of ether oxygens (including phenoxy) is 2. The first-order valence-electron chi connectivity index (χ1n) is 12.5. The maximum Gasteiger partial charge on any atom is 0.573 e. The van der Waals surface area contributed by atoms with Gasteiger partial charge in [0.15, 0.2) is 10.3 Å². The molecule has 0 radical (unpaired) electrons. The molecule has 0 aliphatic rings. The van der Waals surface area contributed by atoms with Crippen LogP contribution >= 0.6 is 11.8 Å². The fourth-order valence-electron chi connectivity index (χ4n) is 3.37. The van der Waals surface area contributed by atoms with E-state index in [9.17, 15) is 18.0 Å². The summed E-state index contributed by atoms with van der Waals surface area (Å²) in [5, 5.41) is 4.47. The molecule has 0 saturated heterocycles. The third kappa shape index (κ3) is 10.8. The van der Waals surface area contributed by atoms with Crippen molar-refractivity contribution >= 4 is 51.8 Å². The van der Waals surface area contributed by atoms with Crippen molar-refractivity contribution in [1.29, 1.82) is 0 Å². The molecule has 0 heterocycles. The monoisotopic (exact) mass is 598 g/mol. The lowest BCUT2D eigenvalue weighted by Crippen LogP contribution is -2.17. The molecule has 0 atom stereocenters. The van der Waals surface area contributed by atoms with Gasteiger partial charge in [-0.15, -0.1) is 13.2 Å². The van der Waals surface area contributed by atoms with Crippen LogP contribution in [-0.2, 0) is 9.53 Å². The number of thioether (sulfide) groups is 1. The lowest BCUT2D eigenvalue weighted by atomic mass is 10.1. The highest BCUT2D eigenvalue weighted by molar-refractivity contribution is 8.26. The Morgan fingerprint density at radius 1 is 1.02 bits per heavy atom. The van der Waals surface area contributed by atoms with Crippen LogP contribution in [0.4, 0.5) is 24.5 Å². The number of nitrogens with one attached hydrogen (secondary N) is 1. The molecule has 0 saturated carbocycles. The van der Waals surface area contributed by atoms with E-state index in [1.54, 1.807) is 30.5 Å². The van der Waals surface area contributed by atoms with Crippen LogP contribution in [0.15, 0.2) is 86.8 Å². The van der Waals surface area contributed by atoms with Crippen LogP contribution in [0.3, 0.4) is 0 Å². The third-order valence-corrected chi connectivity index (χ3v) is 6.24. The molecule has 220 valence electrons. The number of nitrogens with zero attached hydrogens (tertiary/aromatic N) is 4. The van der Waals surface area contributed by atoms with Gasteiger partial charge in [0.2, 0.25) is 0 Å². The van der Waals surface area contributed by atoms with Crippen molar-refractivity contribution < 1.29 is 27.4 Å². The van der Waals surface area contributed by atoms with E-state index in [2.05, 4.69) is 30.2 Å². The zero-order valence-corrected chi connectivity index (χ0v) is 23.9. The Balaban J connectivity index is 1.65. The first-order valence-corrected chi connectivity index (χ1v) is 13.3. The molecule has 0 fully saturated rings. The zero-order valence-electron chi connectivity index (χ0n) is 23.1. The fourth-order valence-corrected chi connectivity index (χ4v) is 4.00. The Bertz CT molecular complexity index is 1450. The maximum atomic E-state index is 12.4. The Kier molecular flexibility index (Phi) is 11.8. The molecule has 0 unspecified atom stereocenters. The fraction of sp³-hybridized carbons (Fsp3) is 0.207. The van der Waals surface area contributed by atoms with Crippen LogP contribution in [0.5, 0.6) is 5.75 Å². The highest BCUT2D eigenvalue weighted by atomic mass is 32.2. The number of carbonyl (C=O) groups is 1. The minimum Gasteiger partial charge on any atom is -0.406 e. The number of hydrazone groups is 1. The van der Waals surface area contributed by atoms with Crippen molar-refractivity contribution in [1.82, 2.24) is 5.43 Å². The summed E-state index contributed by atoms with van der Waals surface area (Å²) in [6.45, 7) is 4.20. The number of rotatable bonds is 10. The van der Waals surface area contributed by atoms with E-state index in [0.29, 0.717) is 23.0 Å². The van der Waals surface area contributed by atoms with Crippen LogP contribution in [0, 0.1) is 13.8 Å². The van der Waals surface area contributed by atoms with E-state index < -0.39 is 6.36 Å². The van der Waals surface area contributed by atoms with Crippen molar-refractivity contribution in [2.45, 2.75) is 26.6 Å². The highest BCUT2D eigenvalue weighted by Gasteiger charge is 2.30. The molecule has 0 aliphatic heterocycles. The van der Waals surface area contributed by atoms with E-state index >= 15 is 0 Å². The van der Waals surface area contributed by atoms with Crippen LogP contribution in [0.25, 0.3) is 0 Å². The second-order valence-electron chi connectivity index (χ2n) is 8.67. The summed E-state index contributed by atoms with van der Waals surface area (Å²) in [5.74, 6) is -0.158. The van der Waals surface area contributed by atoms with E-state index in [4.69, 9.17) is 10.5 Å². The minimum absolute atomic E-state index is 0.111. The number of aliphatic imine (C=N–C) groups is 3. The molecule has 42 heavy (non-hydrogen) atoms. The first-order chi connectivity index (χ1) is 20.0. The number of methoxy groups -OCH3 is 1. The van der Waals surface area contributed by atoms with Gasteiger partial charge in [-0.2, -0.15) is 5.10 Å². The maximum absolute atomic E-state index is 12.4. The molecule has 3 aromatic carbocycles. The number of aryl methyl sites for hydroxylation is 2. The topological polar surface area (TPSA) is 123 Å². The Hall–Kier alpha value is -4.49. The molecular weight excluding hydrogens is 569 g/mol. The number of halogens is 3. The molecule has 3 N–H and O–H groups in total. The lowest BCUT2D eigenvalue weighted by molar-refractivity contribution is -0.274. The van der Waals surface area contributed by atoms with Gasteiger partial charge in [-0.25, -0.2) is 15.0 Å². The minimum atomic E-state index is -4.76. The molecule has 0 aromatic heterocycles. The molecule has 3 aromatic rings. The summed E-state index contributed by atoms with van der Waals surface area (Å²) in [6.07, 6.45) is -1.75. The SMILES string of the molecule is COCCC(=O)SC(=Nc1c(C)cccc1C)N/N=C/c1ccc(C(N)=NC=Nc2ccc(OC(F)(F)F)cc2)cc1. The van der Waals surface area contributed by atoms with Gasteiger partial charge in [0.25, 0.3) is 0 Å². The molecular formula is C29H29F3N6O3S. The second-order valence-corrected chi connectivity index (χ2v) is 9.71. The van der Waals surface area contributed by atoms with Crippen LogP contribution in [0.2, 0.25) is 0 Å². The molecule has 3 rings (SSSR count). The molecule has 0 aliphatic carbocycles. The zero-order chi connectivity index (χ0) is 30.5. The van der Waals surface area contributed by atoms with Crippen molar-refractivity contribution in [3.8, 4) is 5.75 Å². The number of nitrogens with two attached hydrogens (primary N) is 1. The number of alkyl halides is 3. The molecule has 0 spiro atoms. The van der Waals surface area contributed by atoms with E-state index in [1.165, 1.54) is 25.6 Å². The van der Waals surface area contributed by atoms with Gasteiger partial charge in [0.1, 0.15) is 17.9 Å². The highest BCUT2D eigenvalue weighted by Crippen LogP contribution is 2.26. The predicted octanol–water partition coefficient (Wildman–Crippen LogP) is 6.17. The van der Waals surface area contributed by atoms with Gasteiger partial charge in [-0.05, 0) is 66.6 Å². The average molecular weight is 599 g/mol. The molecule has 0 amide bonds. The predicted molar refractivity (Wildman–Crippen MR) is 161 cm³/mol. The summed E-state index contributed by atoms with van der Waals surface area (Å²) in [7, 11) is 1.54. The van der Waals surface area contributed by atoms with Crippen molar-refractivity contribution in [3.63, 3.8) is 0 Å². The second kappa shape index (κ2) is 15.5. The van der Waals surface area contributed by atoms with Crippen molar-refractivity contribution in [2.75, 3.05) is 13.7 Å². The van der Waals surface area contributed by atoms with Gasteiger partial charge < -0.3 is 15.2 Å². The average Bonchev–Trinajstić information content (AvgIpc) is 2.94. The summed E-state index contributed by atoms with van der Waals surface area (Å²) in [5.41, 5.74) is 13.3. The Morgan fingerprint density at radius 2 is 1.69 bits per heavy atom. The summed E-state index contributed by atoms with van der Waals surface area (Å²) < 4.78 is 45.6. The number of hydrogen-bond donors (Lipinski definition) is 2. The normalized spacial score (nSPS) is 12.7. The van der Waals surface area contributed by atoms with Crippen molar-refractivity contribution in [2.24, 2.45) is 25.8 Å². The molecule has 0 bridgehead atoms. The lowest BCUT2D eigenvalue weighted by Gasteiger charge is -2.08. The largest absolute Gasteiger partial charge is 0.573 e. The standard InChI is InChI=1S/C29H29F3N6O3S/c1-19-5-4-6-20(2)26(19)37-28(42-25(39)15-16-40-3)38-36-17-21-7-9-22(10-8-21)27(33)35-18-34-23-11-13-24(14-12-23)41-29(30,31)32/h4-14,17-18H,15-16H2,1-3H3,(H,37,38)(H2,33,34,35)/b36-17+. The number of benzene rings is 3. The molecule has 9 nitrogen and oxygen atoms in total. The van der Waals surface area contributed by atoms with Gasteiger partial charge in [-0.3, -0.25) is 10.2 Å². The summed E-state index contributed by atoms with van der Waals surface area (Å²) >= 11 is 0.957. The van der Waals surface area contributed by atoms with Crippen LogP contribution < -0.4 is 15.9 Å². The first kappa shape index (κ1) is 32.0. The Labute approximate surface area is 245 Å². The van der Waals surface area contributed by atoms with Gasteiger partial charge in [0, 0.05) is 19.1 Å². The van der Waals surface area contributed by atoms with Crippen LogP contribution in [0.1, 0.15) is 28.7 Å². The van der Waals surface area contributed by atoms with E-state index in [-0.39, 0.29) is 23.1 Å². The summed E-state index contributed by atoms with van der Waals surface area (Å²) in [4.78, 5) is 25.1. The quantitative estimate of drug-likeness (QED) is 0.163. The van der Waals surface area contributed by atoms with Crippen LogP contribution in [-0.4, -0.2) is 48.8 Å². The summed E-state index contributed by atoms with van der Waals surface area (Å²) in [6, 6.07) is 17.9. The van der Waals surface area contributed by atoms with Crippen molar-refractivity contribution in [3.05, 3.63) is 89.0 Å². The van der Waals surface area contributed by atoms with Gasteiger partial charge >= 0.3 is 6.36 Å². The van der Waals surface area contributed by atoms with Gasteiger partial charge in [-0.1, -0.05) is 42.5 Å². The third-order valence-electron chi connectivity index (χ3n) is 5.43.